The molecule has 0 bridgehead atoms. The number of hydrogen-bond acceptors (Lipinski definition) is 3. The Morgan fingerprint density at radius 2 is 2.08 bits per heavy atom. The van der Waals surface area contributed by atoms with Crippen LogP contribution in [0.25, 0.3) is 0 Å². The second-order valence-corrected chi connectivity index (χ2v) is 3.38. The van der Waals surface area contributed by atoms with E-state index in [0.29, 0.717) is 12.3 Å². The highest BCUT2D eigenvalue weighted by molar-refractivity contribution is 4.63. The molecule has 0 radical (unpaired) electrons. The summed E-state index contributed by atoms with van der Waals surface area (Å²) in [6.07, 6.45) is 0.668. The van der Waals surface area contributed by atoms with Crippen LogP contribution in [0.5, 0.6) is 0 Å². The Hall–Kier alpha value is -1.04. The second kappa shape index (κ2) is 5.58. The number of aliphatic hydroxyl groups excluding tert-OH is 1. The molecule has 78 valence electrons. The van der Waals surface area contributed by atoms with Gasteiger partial charge in [-0.25, -0.2) is 0 Å². The van der Waals surface area contributed by atoms with Gasteiger partial charge in [0.25, 0.3) is 0 Å². The normalized spacial score (nSPS) is 14.7. The van der Waals surface area contributed by atoms with Crippen molar-refractivity contribution in [3.8, 4) is 0 Å². The lowest BCUT2D eigenvalue weighted by molar-refractivity contribution is -0.712. The number of hydrazine groups is 1. The molecule has 0 aromatic rings. The van der Waals surface area contributed by atoms with Crippen molar-refractivity contribution >= 4 is 0 Å². The highest BCUT2D eigenvalue weighted by Gasteiger charge is 2.21. The van der Waals surface area contributed by atoms with E-state index in [2.05, 4.69) is 5.28 Å². The average Bonchev–Trinajstić information content (AvgIpc) is 2.11. The van der Waals surface area contributed by atoms with Crippen molar-refractivity contribution in [2.45, 2.75) is 26.3 Å². The van der Waals surface area contributed by atoms with Gasteiger partial charge in [-0.2, -0.15) is 0 Å². The molecular formula is C7H17N3O3. The number of likely N-dealkylation sites (N-methyl/N-ethyl adjacent to an activating group) is 1. The fourth-order valence-electron chi connectivity index (χ4n) is 1.09. The van der Waals surface area contributed by atoms with Crippen LogP contribution < -0.4 is 0 Å². The van der Waals surface area contributed by atoms with Gasteiger partial charge < -0.3 is 15.5 Å². The van der Waals surface area contributed by atoms with Crippen molar-refractivity contribution in [3.63, 3.8) is 0 Å². The first kappa shape index (κ1) is 12.0. The molecule has 6 heteroatoms. The number of hydrogen-bond donors (Lipinski definition) is 2. The fourth-order valence-corrected chi connectivity index (χ4v) is 1.09. The molecule has 0 spiro atoms. The van der Waals surface area contributed by atoms with Crippen molar-refractivity contribution in [2.75, 3.05) is 13.7 Å². The molecule has 0 saturated carbocycles. The molecule has 6 nitrogen and oxygen atoms in total. The first-order chi connectivity index (χ1) is 6.02. The predicted molar refractivity (Wildman–Crippen MR) is 45.9 cm³/mol. The zero-order chi connectivity index (χ0) is 10.4. The third kappa shape index (κ3) is 3.93. The summed E-state index contributed by atoms with van der Waals surface area (Å²) in [4.78, 5) is 0.0588. The quantitative estimate of drug-likeness (QED) is 0.378. The summed E-state index contributed by atoms with van der Waals surface area (Å²) in [6, 6.07) is -0.312. The van der Waals surface area contributed by atoms with Gasteiger partial charge in [0.05, 0.1) is 18.6 Å². The van der Waals surface area contributed by atoms with Crippen molar-refractivity contribution in [1.29, 1.82) is 0 Å². The Labute approximate surface area is 77.6 Å². The van der Waals surface area contributed by atoms with Crippen LogP contribution in [0.1, 0.15) is 20.3 Å². The summed E-state index contributed by atoms with van der Waals surface area (Å²) in [6.45, 7) is 3.84. The lowest BCUT2D eigenvalue weighted by atomic mass is 10.0. The molecule has 0 aliphatic rings. The van der Waals surface area contributed by atoms with Crippen LogP contribution in [-0.2, 0) is 0 Å². The van der Waals surface area contributed by atoms with E-state index in [1.54, 1.807) is 0 Å². The van der Waals surface area contributed by atoms with Crippen molar-refractivity contribution < 1.29 is 15.3 Å². The molecule has 0 saturated heterocycles. The van der Waals surface area contributed by atoms with Gasteiger partial charge in [0.15, 0.2) is 0 Å². The fraction of sp³-hybridized carbons (Fsp3) is 1.00. The van der Waals surface area contributed by atoms with E-state index in [9.17, 15) is 5.21 Å². The Bertz CT molecular complexity index is 172. The van der Waals surface area contributed by atoms with Crippen LogP contribution >= 0.6 is 0 Å². The Morgan fingerprint density at radius 1 is 1.54 bits per heavy atom. The molecule has 0 rings (SSSR count). The lowest BCUT2D eigenvalue weighted by Crippen LogP contribution is -2.40. The molecule has 0 aliphatic carbocycles. The van der Waals surface area contributed by atoms with Gasteiger partial charge in [0.1, 0.15) is 6.04 Å². The molecular weight excluding hydrogens is 174 g/mol. The van der Waals surface area contributed by atoms with Gasteiger partial charge in [0.2, 0.25) is 5.28 Å². The van der Waals surface area contributed by atoms with Crippen molar-refractivity contribution in [1.82, 2.24) is 5.01 Å². The zero-order valence-corrected chi connectivity index (χ0v) is 8.21. The van der Waals surface area contributed by atoms with Crippen LogP contribution in [-0.4, -0.2) is 40.0 Å². The minimum absolute atomic E-state index is 0.0588. The van der Waals surface area contributed by atoms with Crippen LogP contribution in [0.3, 0.4) is 0 Å². The lowest BCUT2D eigenvalue weighted by Gasteiger charge is -2.22. The van der Waals surface area contributed by atoms with Gasteiger partial charge in [-0.15, -0.1) is 5.01 Å². The van der Waals surface area contributed by atoms with Crippen molar-refractivity contribution in [3.05, 3.63) is 5.21 Å². The maximum absolute atomic E-state index is 10.8. The molecule has 0 heterocycles. The maximum atomic E-state index is 10.8. The van der Waals surface area contributed by atoms with Gasteiger partial charge in [-0.05, 0) is 12.3 Å². The smallest absolute Gasteiger partial charge is 0.230 e. The third-order valence-corrected chi connectivity index (χ3v) is 1.83. The first-order valence-electron chi connectivity index (χ1n) is 4.18. The molecule has 0 aromatic heterocycles. The Morgan fingerprint density at radius 3 is 2.38 bits per heavy atom. The minimum atomic E-state index is -0.312. The number of aliphatic hydroxyl groups is 1. The summed E-state index contributed by atoms with van der Waals surface area (Å²) in [5, 5.41) is 31.6. The van der Waals surface area contributed by atoms with E-state index >= 15 is 0 Å². The van der Waals surface area contributed by atoms with Crippen molar-refractivity contribution in [2.24, 2.45) is 11.2 Å². The average molecular weight is 191 g/mol. The first-order valence-corrected chi connectivity index (χ1v) is 4.18. The van der Waals surface area contributed by atoms with Gasteiger partial charge in [-0.3, -0.25) is 0 Å². The highest BCUT2D eigenvalue weighted by Crippen LogP contribution is 2.09. The second-order valence-electron chi connectivity index (χ2n) is 3.38. The molecule has 0 amide bonds. The van der Waals surface area contributed by atoms with E-state index in [0.717, 1.165) is 5.01 Å². The standard InChI is InChI=1S/C7H17N3O3/c1-6(2)4-7(5-11)9(3)10(13)8-12/h6-7,11-12H,4-5H2,1-3H3/b10-8-/t7-/m0/s1. The van der Waals surface area contributed by atoms with Crippen LogP contribution in [0.15, 0.2) is 5.28 Å². The molecule has 0 aromatic carbocycles. The predicted octanol–water partition coefficient (Wildman–Crippen LogP) is 0.592. The Kier molecular flexibility index (Phi) is 5.13. The largest absolute Gasteiger partial charge is 0.569 e. The van der Waals surface area contributed by atoms with Crippen LogP contribution in [0, 0.1) is 11.1 Å². The molecule has 1 atom stereocenters. The SMILES string of the molecule is CC(C)C[C@@H](CO)N(C)/[N+]([O-])=N/O. The van der Waals surface area contributed by atoms with E-state index < -0.39 is 0 Å². The number of rotatable bonds is 5. The van der Waals surface area contributed by atoms with E-state index in [1.807, 2.05) is 13.8 Å². The van der Waals surface area contributed by atoms with Gasteiger partial charge >= 0.3 is 0 Å². The number of nitrogens with zero attached hydrogens (tertiary/aromatic N) is 3. The molecule has 0 fully saturated rings. The third-order valence-electron chi connectivity index (χ3n) is 1.83. The summed E-state index contributed by atoms with van der Waals surface area (Å²) in [5.74, 6) is 0.367. The zero-order valence-electron chi connectivity index (χ0n) is 8.21. The van der Waals surface area contributed by atoms with Gasteiger partial charge in [0, 0.05) is 0 Å². The monoisotopic (exact) mass is 191 g/mol. The summed E-state index contributed by atoms with van der Waals surface area (Å²) in [7, 11) is 1.47. The van der Waals surface area contributed by atoms with Crippen LogP contribution in [0.4, 0.5) is 0 Å². The molecule has 2 N–H and O–H groups in total. The Balaban J connectivity index is 4.22. The molecule has 0 unspecified atom stereocenters. The van der Waals surface area contributed by atoms with Crippen LogP contribution in [0.2, 0.25) is 0 Å². The summed E-state index contributed by atoms with van der Waals surface area (Å²) < 4.78 is 0. The van der Waals surface area contributed by atoms with E-state index in [4.69, 9.17) is 10.3 Å². The van der Waals surface area contributed by atoms with E-state index in [1.165, 1.54) is 7.05 Å². The minimum Gasteiger partial charge on any atom is -0.569 e. The molecule has 0 aliphatic heterocycles. The topological polar surface area (TPSA) is 82.1 Å². The highest BCUT2D eigenvalue weighted by atomic mass is 16.6. The van der Waals surface area contributed by atoms with E-state index in [-0.39, 0.29) is 17.6 Å². The maximum Gasteiger partial charge on any atom is 0.230 e. The molecule has 13 heavy (non-hydrogen) atoms. The van der Waals surface area contributed by atoms with Gasteiger partial charge in [-0.1, -0.05) is 13.8 Å². The summed E-state index contributed by atoms with van der Waals surface area (Å²) >= 11 is 0. The summed E-state index contributed by atoms with van der Waals surface area (Å²) in [5.41, 5.74) is 0.